The highest BCUT2D eigenvalue weighted by Crippen LogP contribution is 2.21. The van der Waals surface area contributed by atoms with Gasteiger partial charge in [-0.25, -0.2) is 0 Å². The van der Waals surface area contributed by atoms with Gasteiger partial charge in [0.2, 0.25) is 0 Å². The third-order valence-corrected chi connectivity index (χ3v) is 3.26. The Balaban J connectivity index is 1.94. The molecule has 0 amide bonds. The normalized spacial score (nSPS) is 14.7. The lowest BCUT2D eigenvalue weighted by Crippen LogP contribution is -2.27. The number of anilines is 1. The molecule has 0 aliphatic carbocycles. The summed E-state index contributed by atoms with van der Waals surface area (Å²) in [7, 11) is 0. The van der Waals surface area contributed by atoms with Crippen LogP contribution < -0.4 is 4.90 Å². The Morgan fingerprint density at radius 2 is 1.67 bits per heavy atom. The van der Waals surface area contributed by atoms with Crippen LogP contribution in [0.25, 0.3) is 0 Å². The predicted molar refractivity (Wildman–Crippen MR) is 76.6 cm³/mol. The molecular weight excluding hydrogens is 244 g/mol. The molecule has 0 bridgehead atoms. The number of nitrogens with zero attached hydrogens (tertiary/aromatic N) is 2. The molecule has 18 heavy (non-hydrogen) atoms. The first kappa shape index (κ1) is 11.3. The van der Waals surface area contributed by atoms with Gasteiger partial charge >= 0.3 is 0 Å². The van der Waals surface area contributed by atoms with E-state index in [2.05, 4.69) is 22.0 Å². The van der Waals surface area contributed by atoms with Gasteiger partial charge in [-0.05, 0) is 36.4 Å². The summed E-state index contributed by atoms with van der Waals surface area (Å²) in [6.45, 7) is 1.77. The van der Waals surface area contributed by atoms with E-state index in [0.29, 0.717) is 0 Å². The number of para-hydroxylation sites is 1. The molecule has 0 aromatic heterocycles. The second-order valence-electron chi connectivity index (χ2n) is 4.20. The van der Waals surface area contributed by atoms with Crippen molar-refractivity contribution in [2.45, 2.75) is 0 Å². The fourth-order valence-corrected chi connectivity index (χ4v) is 2.28. The van der Waals surface area contributed by atoms with Crippen LogP contribution in [0.5, 0.6) is 0 Å². The lowest BCUT2D eigenvalue weighted by Gasteiger charge is -2.20. The molecule has 0 saturated heterocycles. The van der Waals surface area contributed by atoms with Gasteiger partial charge in [-0.3, -0.25) is 4.99 Å². The number of hydrogen-bond acceptors (Lipinski definition) is 2. The van der Waals surface area contributed by atoms with E-state index in [4.69, 9.17) is 11.6 Å². The van der Waals surface area contributed by atoms with Gasteiger partial charge in [0.05, 0.1) is 6.54 Å². The number of aliphatic imine (C=N–C) groups is 1. The number of rotatable bonds is 2. The van der Waals surface area contributed by atoms with E-state index in [-0.39, 0.29) is 0 Å². The van der Waals surface area contributed by atoms with Crippen LogP contribution in [0.2, 0.25) is 5.02 Å². The summed E-state index contributed by atoms with van der Waals surface area (Å²) in [4.78, 5) is 6.83. The number of benzene rings is 2. The summed E-state index contributed by atoms with van der Waals surface area (Å²) >= 11 is 5.92. The summed E-state index contributed by atoms with van der Waals surface area (Å²) in [5.41, 5.74) is 2.30. The predicted octanol–water partition coefficient (Wildman–Crippen LogP) is 3.61. The van der Waals surface area contributed by atoms with Crippen LogP contribution in [0.4, 0.5) is 5.69 Å². The fraction of sp³-hybridized carbons (Fsp3) is 0.133. The van der Waals surface area contributed by atoms with Gasteiger partial charge in [0, 0.05) is 22.8 Å². The maximum absolute atomic E-state index is 5.92. The van der Waals surface area contributed by atoms with Crippen molar-refractivity contribution in [3.8, 4) is 0 Å². The highest BCUT2D eigenvalue weighted by Gasteiger charge is 2.19. The SMILES string of the molecule is Clc1ccc(C2=NCCN2c2ccccc2)cc1. The second kappa shape index (κ2) is 4.83. The number of halogens is 1. The molecule has 90 valence electrons. The zero-order valence-electron chi connectivity index (χ0n) is 9.88. The molecule has 0 fully saturated rings. The zero-order valence-corrected chi connectivity index (χ0v) is 10.6. The summed E-state index contributed by atoms with van der Waals surface area (Å²) < 4.78 is 0. The fourth-order valence-electron chi connectivity index (χ4n) is 2.15. The van der Waals surface area contributed by atoms with Gasteiger partial charge in [0.1, 0.15) is 5.84 Å². The molecular formula is C15H13ClN2. The number of hydrogen-bond donors (Lipinski definition) is 0. The van der Waals surface area contributed by atoms with E-state index in [1.165, 1.54) is 5.69 Å². The van der Waals surface area contributed by atoms with Crippen LogP contribution in [0.1, 0.15) is 5.56 Å². The Kier molecular flexibility index (Phi) is 3.03. The van der Waals surface area contributed by atoms with Crippen LogP contribution in [-0.4, -0.2) is 18.9 Å². The van der Waals surface area contributed by atoms with Crippen LogP contribution in [0.3, 0.4) is 0 Å². The van der Waals surface area contributed by atoms with Crippen molar-refractivity contribution in [1.82, 2.24) is 0 Å². The smallest absolute Gasteiger partial charge is 0.135 e. The van der Waals surface area contributed by atoms with E-state index in [9.17, 15) is 0 Å². The molecule has 2 aromatic carbocycles. The van der Waals surface area contributed by atoms with Crippen molar-refractivity contribution in [1.29, 1.82) is 0 Å². The minimum Gasteiger partial charge on any atom is -0.324 e. The second-order valence-corrected chi connectivity index (χ2v) is 4.64. The topological polar surface area (TPSA) is 15.6 Å². The van der Waals surface area contributed by atoms with E-state index in [1.54, 1.807) is 0 Å². The van der Waals surface area contributed by atoms with E-state index in [1.807, 2.05) is 42.5 Å². The van der Waals surface area contributed by atoms with Crippen LogP contribution in [-0.2, 0) is 0 Å². The minimum atomic E-state index is 0.753. The van der Waals surface area contributed by atoms with Crippen molar-refractivity contribution in [2.75, 3.05) is 18.0 Å². The zero-order chi connectivity index (χ0) is 12.4. The first-order valence-electron chi connectivity index (χ1n) is 5.97. The monoisotopic (exact) mass is 256 g/mol. The lowest BCUT2D eigenvalue weighted by atomic mass is 10.2. The Morgan fingerprint density at radius 1 is 0.944 bits per heavy atom. The maximum atomic E-state index is 5.92. The molecule has 1 heterocycles. The van der Waals surface area contributed by atoms with Crippen LogP contribution in [0, 0.1) is 0 Å². The van der Waals surface area contributed by atoms with Gasteiger partial charge in [0.25, 0.3) is 0 Å². The van der Waals surface area contributed by atoms with Gasteiger partial charge in [-0.2, -0.15) is 0 Å². The highest BCUT2D eigenvalue weighted by atomic mass is 35.5. The summed E-state index contributed by atoms with van der Waals surface area (Å²) in [6.07, 6.45) is 0. The largest absolute Gasteiger partial charge is 0.324 e. The Bertz CT molecular complexity index is 561. The quantitative estimate of drug-likeness (QED) is 0.802. The van der Waals surface area contributed by atoms with Crippen LogP contribution >= 0.6 is 11.6 Å². The molecule has 0 atom stereocenters. The maximum Gasteiger partial charge on any atom is 0.135 e. The van der Waals surface area contributed by atoms with Gasteiger partial charge in [-0.15, -0.1) is 0 Å². The van der Waals surface area contributed by atoms with E-state index in [0.717, 1.165) is 29.5 Å². The lowest BCUT2D eigenvalue weighted by molar-refractivity contribution is 1.02. The van der Waals surface area contributed by atoms with E-state index < -0.39 is 0 Å². The molecule has 1 aliphatic heterocycles. The first-order chi connectivity index (χ1) is 8.84. The molecule has 0 spiro atoms. The Labute approximate surface area is 112 Å². The summed E-state index contributed by atoms with van der Waals surface area (Å²) in [5, 5.41) is 0.753. The molecule has 2 nitrogen and oxygen atoms in total. The van der Waals surface area contributed by atoms with E-state index >= 15 is 0 Å². The third-order valence-electron chi connectivity index (χ3n) is 3.01. The Morgan fingerprint density at radius 3 is 2.39 bits per heavy atom. The van der Waals surface area contributed by atoms with Crippen molar-refractivity contribution in [3.05, 3.63) is 65.2 Å². The average molecular weight is 257 g/mol. The summed E-state index contributed by atoms with van der Waals surface area (Å²) in [6, 6.07) is 18.2. The molecule has 0 N–H and O–H groups in total. The Hall–Kier alpha value is -1.80. The highest BCUT2D eigenvalue weighted by molar-refractivity contribution is 6.30. The molecule has 2 aromatic rings. The molecule has 3 rings (SSSR count). The molecule has 1 aliphatic rings. The molecule has 0 radical (unpaired) electrons. The van der Waals surface area contributed by atoms with Gasteiger partial charge < -0.3 is 4.90 Å². The van der Waals surface area contributed by atoms with Gasteiger partial charge in [-0.1, -0.05) is 29.8 Å². The minimum absolute atomic E-state index is 0.753. The molecule has 3 heteroatoms. The third kappa shape index (κ3) is 2.12. The van der Waals surface area contributed by atoms with Crippen molar-refractivity contribution < 1.29 is 0 Å². The van der Waals surface area contributed by atoms with Crippen molar-refractivity contribution in [2.24, 2.45) is 4.99 Å². The standard InChI is InChI=1S/C15H13ClN2/c16-13-8-6-12(7-9-13)15-17-10-11-18(15)14-4-2-1-3-5-14/h1-9H,10-11H2. The first-order valence-corrected chi connectivity index (χ1v) is 6.35. The van der Waals surface area contributed by atoms with Crippen LogP contribution in [0.15, 0.2) is 59.6 Å². The summed E-state index contributed by atoms with van der Waals surface area (Å²) in [5.74, 6) is 1.03. The molecule has 0 saturated carbocycles. The molecule has 0 unspecified atom stereocenters. The number of amidine groups is 1. The average Bonchev–Trinajstić information content (AvgIpc) is 2.90. The van der Waals surface area contributed by atoms with Crippen molar-refractivity contribution in [3.63, 3.8) is 0 Å². The van der Waals surface area contributed by atoms with Crippen molar-refractivity contribution >= 4 is 23.1 Å². The van der Waals surface area contributed by atoms with Gasteiger partial charge in [0.15, 0.2) is 0 Å².